The van der Waals surface area contributed by atoms with Crippen LogP contribution >= 0.6 is 0 Å². The molecule has 0 aromatic heterocycles. The molecule has 0 fully saturated rings. The van der Waals surface area contributed by atoms with Crippen LogP contribution < -0.4 is 5.73 Å². The van der Waals surface area contributed by atoms with Crippen LogP contribution in [0.1, 0.15) is 50.8 Å². The Labute approximate surface area is 165 Å². The highest BCUT2D eigenvalue weighted by molar-refractivity contribution is 5.92. The van der Waals surface area contributed by atoms with Gasteiger partial charge in [0.2, 0.25) is 5.91 Å². The lowest BCUT2D eigenvalue weighted by atomic mass is 10.00. The zero-order valence-corrected chi connectivity index (χ0v) is 15.6. The Morgan fingerprint density at radius 3 is 2.00 bits per heavy atom. The molecule has 0 radical (unpaired) electrons. The molecule has 0 heterocycles. The van der Waals surface area contributed by atoms with E-state index < -0.39 is 12.0 Å². The van der Waals surface area contributed by atoms with Gasteiger partial charge in [0.25, 0.3) is 0 Å². The van der Waals surface area contributed by atoms with Crippen molar-refractivity contribution in [1.29, 1.82) is 0 Å². The summed E-state index contributed by atoms with van der Waals surface area (Å²) in [5.41, 5.74) is 8.37. The summed E-state index contributed by atoms with van der Waals surface area (Å²) in [5, 5.41) is 0. The Morgan fingerprint density at radius 1 is 0.786 bits per heavy atom. The van der Waals surface area contributed by atoms with Crippen molar-refractivity contribution < 1.29 is 14.3 Å². The highest BCUT2D eigenvalue weighted by Crippen LogP contribution is 2.26. The first-order chi connectivity index (χ1) is 13.6. The summed E-state index contributed by atoms with van der Waals surface area (Å²) < 4.78 is 5.81. The SMILES string of the molecule is NC(=O)c1ccc(C(CCCc2ccccc2)OC(=O)c2ccccc2)cc1. The van der Waals surface area contributed by atoms with Crippen LogP contribution in [-0.2, 0) is 11.2 Å². The molecule has 0 spiro atoms. The largest absolute Gasteiger partial charge is 0.454 e. The molecule has 3 aromatic rings. The maximum absolute atomic E-state index is 12.5. The van der Waals surface area contributed by atoms with Crippen LogP contribution in [0.4, 0.5) is 0 Å². The van der Waals surface area contributed by atoms with E-state index >= 15 is 0 Å². The second kappa shape index (κ2) is 9.51. The molecule has 1 atom stereocenters. The molecule has 0 aliphatic carbocycles. The maximum atomic E-state index is 12.5. The lowest BCUT2D eigenvalue weighted by Crippen LogP contribution is -2.14. The molecule has 0 aliphatic heterocycles. The van der Waals surface area contributed by atoms with Crippen LogP contribution in [0.25, 0.3) is 0 Å². The number of carbonyl (C=O) groups excluding carboxylic acids is 2. The van der Waals surface area contributed by atoms with Crippen molar-refractivity contribution in [2.24, 2.45) is 5.73 Å². The Hall–Kier alpha value is -3.40. The van der Waals surface area contributed by atoms with Crippen LogP contribution in [0.3, 0.4) is 0 Å². The van der Waals surface area contributed by atoms with Crippen LogP contribution in [0.2, 0.25) is 0 Å². The number of rotatable bonds is 8. The molecule has 0 saturated carbocycles. The average molecular weight is 373 g/mol. The van der Waals surface area contributed by atoms with Crippen molar-refractivity contribution in [2.45, 2.75) is 25.4 Å². The fourth-order valence-corrected chi connectivity index (χ4v) is 3.06. The summed E-state index contributed by atoms with van der Waals surface area (Å²) >= 11 is 0. The van der Waals surface area contributed by atoms with Crippen molar-refractivity contribution >= 4 is 11.9 Å². The summed E-state index contributed by atoms with van der Waals surface area (Å²) in [7, 11) is 0. The van der Waals surface area contributed by atoms with E-state index in [0.29, 0.717) is 17.5 Å². The molecule has 1 amide bonds. The molecule has 0 saturated heterocycles. The summed E-state index contributed by atoms with van der Waals surface area (Å²) in [4.78, 5) is 23.9. The van der Waals surface area contributed by atoms with Gasteiger partial charge in [0.15, 0.2) is 0 Å². The molecular weight excluding hydrogens is 350 g/mol. The van der Waals surface area contributed by atoms with Gasteiger partial charge in [-0.05, 0) is 54.7 Å². The highest BCUT2D eigenvalue weighted by atomic mass is 16.5. The summed E-state index contributed by atoms with van der Waals surface area (Å²) in [6.07, 6.45) is 2.07. The quantitative estimate of drug-likeness (QED) is 0.582. The molecule has 2 N–H and O–H groups in total. The number of aryl methyl sites for hydroxylation is 1. The molecule has 0 aliphatic rings. The summed E-state index contributed by atoms with van der Waals surface area (Å²) in [6, 6.07) is 26.1. The topological polar surface area (TPSA) is 69.4 Å². The molecule has 3 rings (SSSR count). The van der Waals surface area contributed by atoms with Gasteiger partial charge in [-0.2, -0.15) is 0 Å². The van der Waals surface area contributed by atoms with Gasteiger partial charge in [-0.1, -0.05) is 60.7 Å². The maximum Gasteiger partial charge on any atom is 0.338 e. The number of primary amides is 1. The number of carbonyl (C=O) groups is 2. The van der Waals surface area contributed by atoms with E-state index in [0.717, 1.165) is 18.4 Å². The highest BCUT2D eigenvalue weighted by Gasteiger charge is 2.18. The van der Waals surface area contributed by atoms with E-state index in [1.165, 1.54) is 5.56 Å². The van der Waals surface area contributed by atoms with Gasteiger partial charge in [0.1, 0.15) is 6.10 Å². The third kappa shape index (κ3) is 5.30. The molecule has 142 valence electrons. The first kappa shape index (κ1) is 19.4. The Morgan fingerprint density at radius 2 is 1.39 bits per heavy atom. The van der Waals surface area contributed by atoms with E-state index in [1.54, 1.807) is 36.4 Å². The predicted octanol–water partition coefficient (Wildman–Crippen LogP) is 4.71. The van der Waals surface area contributed by atoms with Gasteiger partial charge in [-0.25, -0.2) is 4.79 Å². The smallest absolute Gasteiger partial charge is 0.338 e. The number of hydrogen-bond acceptors (Lipinski definition) is 3. The molecule has 0 bridgehead atoms. The minimum atomic E-state index is -0.478. The second-order valence-electron chi connectivity index (χ2n) is 6.62. The Kier molecular flexibility index (Phi) is 6.58. The fourth-order valence-electron chi connectivity index (χ4n) is 3.06. The molecule has 3 aromatic carbocycles. The summed E-state index contributed by atoms with van der Waals surface area (Å²) in [6.45, 7) is 0. The number of esters is 1. The van der Waals surface area contributed by atoms with Crippen molar-refractivity contribution in [1.82, 2.24) is 0 Å². The molecule has 1 unspecified atom stereocenters. The van der Waals surface area contributed by atoms with E-state index in [-0.39, 0.29) is 5.97 Å². The third-order valence-corrected chi connectivity index (χ3v) is 4.60. The van der Waals surface area contributed by atoms with Gasteiger partial charge in [-0.3, -0.25) is 4.79 Å². The second-order valence-corrected chi connectivity index (χ2v) is 6.62. The van der Waals surface area contributed by atoms with Gasteiger partial charge in [0, 0.05) is 5.56 Å². The van der Waals surface area contributed by atoms with Crippen LogP contribution in [0.15, 0.2) is 84.9 Å². The Bertz CT molecular complexity index is 906. The number of ether oxygens (including phenoxy) is 1. The molecular formula is C24H23NO3. The zero-order chi connectivity index (χ0) is 19.8. The predicted molar refractivity (Wildman–Crippen MR) is 109 cm³/mol. The molecule has 28 heavy (non-hydrogen) atoms. The van der Waals surface area contributed by atoms with E-state index in [4.69, 9.17) is 10.5 Å². The van der Waals surface area contributed by atoms with Gasteiger partial charge >= 0.3 is 5.97 Å². The van der Waals surface area contributed by atoms with Gasteiger partial charge < -0.3 is 10.5 Å². The van der Waals surface area contributed by atoms with Crippen molar-refractivity contribution in [2.75, 3.05) is 0 Å². The van der Waals surface area contributed by atoms with Gasteiger partial charge in [0.05, 0.1) is 5.56 Å². The van der Waals surface area contributed by atoms with Crippen molar-refractivity contribution in [3.63, 3.8) is 0 Å². The minimum Gasteiger partial charge on any atom is -0.454 e. The first-order valence-corrected chi connectivity index (χ1v) is 9.33. The monoisotopic (exact) mass is 373 g/mol. The molecule has 4 heteroatoms. The minimum absolute atomic E-state index is 0.357. The lowest BCUT2D eigenvalue weighted by molar-refractivity contribution is 0.0272. The van der Waals surface area contributed by atoms with Crippen molar-refractivity contribution in [3.05, 3.63) is 107 Å². The number of hydrogen-bond donors (Lipinski definition) is 1. The average Bonchev–Trinajstić information content (AvgIpc) is 2.74. The van der Waals surface area contributed by atoms with E-state index in [1.807, 2.05) is 36.4 Å². The number of nitrogens with two attached hydrogens (primary N) is 1. The Balaban J connectivity index is 1.72. The van der Waals surface area contributed by atoms with Crippen molar-refractivity contribution in [3.8, 4) is 0 Å². The number of benzene rings is 3. The number of amides is 1. The first-order valence-electron chi connectivity index (χ1n) is 9.33. The van der Waals surface area contributed by atoms with Crippen LogP contribution in [-0.4, -0.2) is 11.9 Å². The normalized spacial score (nSPS) is 11.6. The van der Waals surface area contributed by atoms with Crippen LogP contribution in [0, 0.1) is 0 Å². The van der Waals surface area contributed by atoms with E-state index in [9.17, 15) is 9.59 Å². The zero-order valence-electron chi connectivity index (χ0n) is 15.6. The van der Waals surface area contributed by atoms with Crippen LogP contribution in [0.5, 0.6) is 0 Å². The van der Waals surface area contributed by atoms with Gasteiger partial charge in [-0.15, -0.1) is 0 Å². The van der Waals surface area contributed by atoms with E-state index in [2.05, 4.69) is 12.1 Å². The summed E-state index contributed by atoms with van der Waals surface area (Å²) in [5.74, 6) is -0.835. The third-order valence-electron chi connectivity index (χ3n) is 4.60. The fraction of sp³-hybridized carbons (Fsp3) is 0.167. The molecule has 4 nitrogen and oxygen atoms in total. The lowest BCUT2D eigenvalue weighted by Gasteiger charge is -2.19. The standard InChI is InChI=1S/C24H23NO3/c25-23(26)20-16-14-19(15-17-20)22(13-7-10-18-8-3-1-4-9-18)28-24(27)21-11-5-2-6-12-21/h1-6,8-9,11-12,14-17,22H,7,10,13H2,(H2,25,26).